The van der Waals surface area contributed by atoms with Crippen LogP contribution in [0.5, 0.6) is 0 Å². The summed E-state index contributed by atoms with van der Waals surface area (Å²) in [5.74, 6) is 3.08. The Morgan fingerprint density at radius 2 is 1.64 bits per heavy atom. The van der Waals surface area contributed by atoms with E-state index in [4.69, 9.17) is 0 Å². The van der Waals surface area contributed by atoms with Crippen molar-refractivity contribution in [2.24, 2.45) is 23.2 Å². The number of carbonyl (C=O) groups is 1. The molecule has 22 heavy (non-hydrogen) atoms. The third kappa shape index (κ3) is 2.05. The Hall–Kier alpha value is -0.960. The molecule has 0 spiro atoms. The van der Waals surface area contributed by atoms with Crippen molar-refractivity contribution < 1.29 is 4.79 Å². The molecule has 1 amide bonds. The first-order chi connectivity index (χ1) is 10.7. The van der Waals surface area contributed by atoms with Crippen LogP contribution in [0.15, 0.2) is 29.2 Å². The molecule has 1 heterocycles. The van der Waals surface area contributed by atoms with E-state index in [0.717, 1.165) is 23.4 Å². The first-order valence-corrected chi connectivity index (χ1v) is 9.64. The normalized spacial score (nSPS) is 42.6. The quantitative estimate of drug-likeness (QED) is 0.814. The molecule has 2 nitrogen and oxygen atoms in total. The van der Waals surface area contributed by atoms with Gasteiger partial charge in [0.25, 0.3) is 0 Å². The fourth-order valence-electron chi connectivity index (χ4n) is 6.15. The average Bonchev–Trinajstić information content (AvgIpc) is 2.64. The van der Waals surface area contributed by atoms with Gasteiger partial charge < -0.3 is 5.32 Å². The minimum absolute atomic E-state index is 0.221. The molecule has 0 aromatic heterocycles. The Bertz CT molecular complexity index is 590. The van der Waals surface area contributed by atoms with Crippen molar-refractivity contribution in [2.45, 2.75) is 55.1 Å². The molecule has 116 valence electrons. The molecule has 4 fully saturated rings. The van der Waals surface area contributed by atoms with E-state index in [9.17, 15) is 4.79 Å². The van der Waals surface area contributed by atoms with Crippen molar-refractivity contribution in [1.29, 1.82) is 0 Å². The smallest absolute Gasteiger partial charge is 0.225 e. The van der Waals surface area contributed by atoms with Crippen LogP contribution in [0.3, 0.4) is 0 Å². The molecule has 4 aliphatic carbocycles. The minimum Gasteiger partial charge on any atom is -0.325 e. The lowest BCUT2D eigenvalue weighted by atomic mass is 9.48. The molecule has 6 rings (SSSR count). The molecular weight excluding hydrogens is 290 g/mol. The number of thioether (sulfide) groups is 1. The zero-order valence-electron chi connectivity index (χ0n) is 12.9. The van der Waals surface area contributed by atoms with Crippen LogP contribution in [0.1, 0.15) is 44.9 Å². The lowest BCUT2D eigenvalue weighted by Crippen LogP contribution is -2.51. The number of amides is 1. The van der Waals surface area contributed by atoms with Gasteiger partial charge in [0.2, 0.25) is 5.91 Å². The van der Waals surface area contributed by atoms with E-state index < -0.39 is 0 Å². The van der Waals surface area contributed by atoms with Crippen LogP contribution in [0.4, 0.5) is 5.69 Å². The fourth-order valence-corrected chi connectivity index (χ4v) is 7.63. The van der Waals surface area contributed by atoms with Crippen LogP contribution < -0.4 is 5.32 Å². The van der Waals surface area contributed by atoms with Gasteiger partial charge in [-0.2, -0.15) is 0 Å². The van der Waals surface area contributed by atoms with E-state index in [-0.39, 0.29) is 5.91 Å². The van der Waals surface area contributed by atoms with Crippen LogP contribution in [-0.2, 0) is 4.79 Å². The zero-order valence-corrected chi connectivity index (χ0v) is 13.7. The molecule has 1 atom stereocenters. The molecule has 1 N–H and O–H groups in total. The van der Waals surface area contributed by atoms with Gasteiger partial charge >= 0.3 is 0 Å². The van der Waals surface area contributed by atoms with Gasteiger partial charge in [-0.05, 0) is 73.8 Å². The Kier molecular flexibility index (Phi) is 2.92. The average molecular weight is 313 g/mol. The van der Waals surface area contributed by atoms with Gasteiger partial charge in [0.05, 0.1) is 5.69 Å². The molecule has 0 saturated heterocycles. The van der Waals surface area contributed by atoms with Gasteiger partial charge in [-0.1, -0.05) is 12.1 Å². The lowest BCUT2D eigenvalue weighted by Gasteiger charge is -2.59. The number of hydrogen-bond donors (Lipinski definition) is 1. The third-order valence-corrected chi connectivity index (χ3v) is 8.13. The first-order valence-electron chi connectivity index (χ1n) is 8.76. The summed E-state index contributed by atoms with van der Waals surface area (Å²) < 4.78 is 0. The van der Waals surface area contributed by atoms with E-state index in [2.05, 4.69) is 17.4 Å². The zero-order chi connectivity index (χ0) is 14.7. The summed E-state index contributed by atoms with van der Waals surface area (Å²) in [7, 11) is 0. The maximum atomic E-state index is 12.4. The number of benzene rings is 1. The van der Waals surface area contributed by atoms with Crippen molar-refractivity contribution in [3.8, 4) is 0 Å². The summed E-state index contributed by atoms with van der Waals surface area (Å²) >= 11 is 1.99. The van der Waals surface area contributed by atoms with E-state index >= 15 is 0 Å². The van der Waals surface area contributed by atoms with Crippen LogP contribution in [0, 0.1) is 23.2 Å². The topological polar surface area (TPSA) is 29.1 Å². The highest BCUT2D eigenvalue weighted by Crippen LogP contribution is 2.64. The summed E-state index contributed by atoms with van der Waals surface area (Å²) in [6.45, 7) is 0. The van der Waals surface area contributed by atoms with E-state index in [1.165, 1.54) is 43.4 Å². The fraction of sp³-hybridized carbons (Fsp3) is 0.632. The van der Waals surface area contributed by atoms with Gasteiger partial charge in [-0.3, -0.25) is 4.79 Å². The van der Waals surface area contributed by atoms with Gasteiger partial charge in [0.1, 0.15) is 0 Å². The Morgan fingerprint density at radius 3 is 2.32 bits per heavy atom. The SMILES string of the molecule is O=C1CC(C23CC4CC(CC(C4)C2)C3)Sc2ccccc2N1. The van der Waals surface area contributed by atoms with Crippen molar-refractivity contribution in [1.82, 2.24) is 0 Å². The number of hydrogen-bond acceptors (Lipinski definition) is 2. The number of carbonyl (C=O) groups excluding carboxylic acids is 1. The highest BCUT2D eigenvalue weighted by Gasteiger charge is 2.54. The molecule has 1 aliphatic heterocycles. The summed E-state index contributed by atoms with van der Waals surface area (Å²) in [5, 5.41) is 3.60. The molecule has 1 aromatic rings. The molecular formula is C19H23NOS. The summed E-state index contributed by atoms with van der Waals surface area (Å²) in [5.41, 5.74) is 1.46. The summed E-state index contributed by atoms with van der Waals surface area (Å²) in [6.07, 6.45) is 9.26. The molecule has 1 unspecified atom stereocenters. The number of anilines is 1. The van der Waals surface area contributed by atoms with Crippen LogP contribution in [0.25, 0.3) is 0 Å². The predicted octanol–water partition coefficient (Wildman–Crippen LogP) is 4.71. The second-order valence-corrected chi connectivity index (χ2v) is 9.38. The van der Waals surface area contributed by atoms with Gasteiger partial charge in [-0.25, -0.2) is 0 Å². The van der Waals surface area contributed by atoms with Gasteiger partial charge in [0.15, 0.2) is 0 Å². The number of fused-ring (bicyclic) bond motifs is 1. The maximum absolute atomic E-state index is 12.4. The van der Waals surface area contributed by atoms with Crippen molar-refractivity contribution >= 4 is 23.4 Å². The van der Waals surface area contributed by atoms with Crippen molar-refractivity contribution in [2.75, 3.05) is 5.32 Å². The number of para-hydroxylation sites is 1. The molecule has 5 aliphatic rings. The summed E-state index contributed by atoms with van der Waals surface area (Å²) in [4.78, 5) is 13.7. The largest absolute Gasteiger partial charge is 0.325 e. The van der Waals surface area contributed by atoms with Crippen LogP contribution in [-0.4, -0.2) is 11.2 Å². The summed E-state index contributed by atoms with van der Waals surface area (Å²) in [6, 6.07) is 8.34. The van der Waals surface area contributed by atoms with Gasteiger partial charge in [0, 0.05) is 16.6 Å². The van der Waals surface area contributed by atoms with E-state index in [0.29, 0.717) is 17.1 Å². The maximum Gasteiger partial charge on any atom is 0.225 e. The standard InChI is InChI=1S/C19H23NOS/c21-18-8-17(22-16-4-2-1-3-15(16)20-18)19-9-12-5-13(10-19)7-14(6-12)11-19/h1-4,12-14,17H,5-11H2,(H,20,21). The van der Waals surface area contributed by atoms with Crippen molar-refractivity contribution in [3.05, 3.63) is 24.3 Å². The molecule has 0 radical (unpaired) electrons. The number of rotatable bonds is 1. The van der Waals surface area contributed by atoms with Crippen molar-refractivity contribution in [3.63, 3.8) is 0 Å². The van der Waals surface area contributed by atoms with Crippen LogP contribution >= 0.6 is 11.8 Å². The monoisotopic (exact) mass is 313 g/mol. The number of nitrogens with one attached hydrogen (secondary N) is 1. The molecule has 4 bridgehead atoms. The minimum atomic E-state index is 0.221. The van der Waals surface area contributed by atoms with E-state index in [1.807, 2.05) is 23.9 Å². The first kappa shape index (κ1) is 13.5. The molecule has 3 heteroatoms. The predicted molar refractivity (Wildman–Crippen MR) is 89.9 cm³/mol. The Balaban J connectivity index is 1.51. The van der Waals surface area contributed by atoms with Gasteiger partial charge in [-0.15, -0.1) is 11.8 Å². The highest BCUT2D eigenvalue weighted by atomic mass is 32.2. The van der Waals surface area contributed by atoms with E-state index in [1.54, 1.807) is 0 Å². The molecule has 1 aromatic carbocycles. The third-order valence-electron chi connectivity index (χ3n) is 6.57. The lowest BCUT2D eigenvalue weighted by molar-refractivity contribution is -0.118. The Labute approximate surface area is 136 Å². The Morgan fingerprint density at radius 1 is 1.00 bits per heavy atom. The second-order valence-electron chi connectivity index (χ2n) is 8.13. The highest BCUT2D eigenvalue weighted by molar-refractivity contribution is 8.00. The second kappa shape index (κ2) is 4.77. The van der Waals surface area contributed by atoms with Crippen LogP contribution in [0.2, 0.25) is 0 Å². The molecule has 4 saturated carbocycles.